The van der Waals surface area contributed by atoms with Gasteiger partial charge in [0.25, 0.3) is 5.91 Å². The quantitative estimate of drug-likeness (QED) is 0.837. The van der Waals surface area contributed by atoms with E-state index in [1.54, 1.807) is 44.3 Å². The first-order valence-corrected chi connectivity index (χ1v) is 6.30. The molecule has 1 atom stereocenters. The van der Waals surface area contributed by atoms with E-state index in [1.807, 2.05) is 0 Å². The fourth-order valence-corrected chi connectivity index (χ4v) is 1.96. The van der Waals surface area contributed by atoms with Crippen LogP contribution in [0.4, 0.5) is 18.9 Å². The van der Waals surface area contributed by atoms with Crippen LogP contribution in [0.1, 0.15) is 6.92 Å². The van der Waals surface area contributed by atoms with Crippen LogP contribution in [0.25, 0.3) is 0 Å². The average molecular weight is 314 g/mol. The molecule has 0 aromatic heterocycles. The number of amides is 2. The number of rotatable bonds is 2. The van der Waals surface area contributed by atoms with Crippen molar-refractivity contribution in [3.63, 3.8) is 0 Å². The van der Waals surface area contributed by atoms with Gasteiger partial charge in [-0.3, -0.25) is 9.59 Å². The van der Waals surface area contributed by atoms with Crippen LogP contribution in [-0.4, -0.2) is 41.8 Å². The second-order valence-corrected chi connectivity index (χ2v) is 4.64. The van der Waals surface area contributed by atoms with Gasteiger partial charge in [0, 0.05) is 7.05 Å². The zero-order valence-corrected chi connectivity index (χ0v) is 11.8. The molecule has 118 valence electrons. The molecule has 1 aliphatic heterocycles. The molecule has 1 N–H and O–H groups in total. The van der Waals surface area contributed by atoms with Gasteiger partial charge in [0.2, 0.25) is 0 Å². The molecule has 0 aliphatic carbocycles. The van der Waals surface area contributed by atoms with Crippen LogP contribution >= 0.6 is 0 Å². The van der Waals surface area contributed by atoms with Gasteiger partial charge in [-0.1, -0.05) is 18.2 Å². The first kappa shape index (κ1) is 16.0. The summed E-state index contributed by atoms with van der Waals surface area (Å²) in [6, 6.07) is 7.99. The maximum atomic E-state index is 12.3. The fourth-order valence-electron chi connectivity index (χ4n) is 1.96. The fraction of sp³-hybridized carbons (Fsp3) is 0.308. The lowest BCUT2D eigenvalue weighted by atomic mass is 10.2. The molecule has 1 fully saturated rings. The molecule has 22 heavy (non-hydrogen) atoms. The summed E-state index contributed by atoms with van der Waals surface area (Å²) >= 11 is 0. The van der Waals surface area contributed by atoms with E-state index in [4.69, 9.17) is 0 Å². The zero-order chi connectivity index (χ0) is 16.5. The molecule has 6 nitrogen and oxygen atoms in total. The van der Waals surface area contributed by atoms with Crippen LogP contribution in [0.15, 0.2) is 35.4 Å². The van der Waals surface area contributed by atoms with Gasteiger partial charge < -0.3 is 0 Å². The molecular formula is C13H13F3N4O2. The summed E-state index contributed by atoms with van der Waals surface area (Å²) < 4.78 is 36.4. The monoisotopic (exact) mass is 314 g/mol. The normalized spacial score (nSPS) is 21.5. The number of para-hydroxylation sites is 1. The van der Waals surface area contributed by atoms with E-state index in [0.29, 0.717) is 5.69 Å². The highest BCUT2D eigenvalue weighted by Crippen LogP contribution is 2.24. The molecule has 1 saturated heterocycles. The van der Waals surface area contributed by atoms with Crippen LogP contribution in [0.2, 0.25) is 0 Å². The lowest BCUT2D eigenvalue weighted by Gasteiger charge is -2.25. The molecule has 9 heteroatoms. The Hall–Kier alpha value is -2.42. The van der Waals surface area contributed by atoms with E-state index in [1.165, 1.54) is 15.4 Å². The van der Waals surface area contributed by atoms with Crippen molar-refractivity contribution in [1.29, 1.82) is 0 Å². The Morgan fingerprint density at radius 2 is 1.86 bits per heavy atom. The largest absolute Gasteiger partial charge is 0.473 e. The van der Waals surface area contributed by atoms with Crippen molar-refractivity contribution in [2.24, 2.45) is 5.10 Å². The number of nitrogens with zero attached hydrogens (tertiary/aromatic N) is 3. The summed E-state index contributed by atoms with van der Waals surface area (Å²) in [7, 11) is 1.60. The molecule has 1 aromatic rings. The molecule has 0 spiro atoms. The number of carbonyl (C=O) groups is 2. The van der Waals surface area contributed by atoms with Gasteiger partial charge in [-0.15, -0.1) is 0 Å². The molecule has 1 unspecified atom stereocenters. The molecule has 0 bridgehead atoms. The number of hydrogen-bond donors (Lipinski definition) is 1. The topological polar surface area (TPSA) is 65.0 Å². The van der Waals surface area contributed by atoms with E-state index in [9.17, 15) is 22.8 Å². The number of benzene rings is 1. The molecule has 1 aromatic carbocycles. The van der Waals surface area contributed by atoms with Gasteiger partial charge in [-0.05, 0) is 19.1 Å². The summed E-state index contributed by atoms with van der Waals surface area (Å²) in [5.74, 6) is -2.82. The Morgan fingerprint density at radius 3 is 2.41 bits per heavy atom. The first-order chi connectivity index (χ1) is 10.2. The predicted octanol–water partition coefficient (Wildman–Crippen LogP) is 1.30. The van der Waals surface area contributed by atoms with Gasteiger partial charge >= 0.3 is 12.1 Å². The molecule has 1 heterocycles. The Bertz CT molecular complexity index is 615. The van der Waals surface area contributed by atoms with E-state index >= 15 is 0 Å². The maximum absolute atomic E-state index is 12.3. The molecule has 0 saturated carbocycles. The Morgan fingerprint density at radius 1 is 1.27 bits per heavy atom. The average Bonchev–Trinajstić information content (AvgIpc) is 2.67. The van der Waals surface area contributed by atoms with E-state index < -0.39 is 24.0 Å². The molecule has 2 amide bonds. The maximum Gasteiger partial charge on any atom is 0.473 e. The van der Waals surface area contributed by atoms with E-state index in [0.717, 1.165) is 0 Å². The van der Waals surface area contributed by atoms with Crippen molar-refractivity contribution >= 4 is 23.2 Å². The van der Waals surface area contributed by atoms with Crippen molar-refractivity contribution in [3.8, 4) is 0 Å². The number of halogens is 3. The van der Waals surface area contributed by atoms with Crippen LogP contribution in [0, 0.1) is 0 Å². The third kappa shape index (κ3) is 2.93. The minimum Gasteiger partial charge on any atom is -0.266 e. The van der Waals surface area contributed by atoms with Crippen LogP contribution in [0.5, 0.6) is 0 Å². The highest BCUT2D eigenvalue weighted by molar-refractivity contribution is 6.47. The summed E-state index contributed by atoms with van der Waals surface area (Å²) in [5.41, 5.74) is 1.74. The third-order valence-corrected chi connectivity index (χ3v) is 3.22. The molecular weight excluding hydrogens is 301 g/mol. The van der Waals surface area contributed by atoms with Crippen molar-refractivity contribution < 1.29 is 22.8 Å². The van der Waals surface area contributed by atoms with Crippen molar-refractivity contribution in [1.82, 2.24) is 10.4 Å². The SMILES string of the molecule is CC1C(=NNC(=O)C(F)(F)F)C(=O)N(c2ccccc2)N1C. The molecule has 0 radical (unpaired) electrons. The van der Waals surface area contributed by atoms with E-state index in [-0.39, 0.29) is 5.71 Å². The second-order valence-electron chi connectivity index (χ2n) is 4.64. The standard InChI is InChI=1S/C13H13F3N4O2/c1-8-10(17-18-12(22)13(14,15)16)11(21)20(19(8)2)9-6-4-3-5-7-9/h3-8H,1-2H3,(H,18,22). The number of hydrogen-bond acceptors (Lipinski definition) is 4. The van der Waals surface area contributed by atoms with Gasteiger partial charge in [-0.2, -0.15) is 18.3 Å². The Kier molecular flexibility index (Phi) is 4.18. The second kappa shape index (κ2) is 5.76. The summed E-state index contributed by atoms with van der Waals surface area (Å²) in [6.07, 6.45) is -5.06. The minimum atomic E-state index is -5.06. The minimum absolute atomic E-state index is 0.177. The number of hydrazine groups is 1. The summed E-state index contributed by atoms with van der Waals surface area (Å²) in [5, 5.41) is 6.15. The smallest absolute Gasteiger partial charge is 0.266 e. The van der Waals surface area contributed by atoms with Crippen LogP contribution < -0.4 is 10.4 Å². The van der Waals surface area contributed by atoms with Crippen molar-refractivity contribution in [2.45, 2.75) is 19.1 Å². The van der Waals surface area contributed by atoms with Gasteiger partial charge in [0.1, 0.15) is 5.71 Å². The predicted molar refractivity (Wildman–Crippen MR) is 72.8 cm³/mol. The number of alkyl halides is 3. The number of nitrogens with one attached hydrogen (secondary N) is 1. The lowest BCUT2D eigenvalue weighted by Crippen LogP contribution is -2.38. The van der Waals surface area contributed by atoms with Gasteiger partial charge in [-0.25, -0.2) is 15.4 Å². The molecule has 2 rings (SSSR count). The summed E-state index contributed by atoms with van der Waals surface area (Å²) in [6.45, 7) is 1.60. The number of carbonyl (C=O) groups excluding carboxylic acids is 2. The van der Waals surface area contributed by atoms with Crippen molar-refractivity contribution in [2.75, 3.05) is 12.1 Å². The summed E-state index contributed by atoms with van der Waals surface area (Å²) in [4.78, 5) is 23.1. The van der Waals surface area contributed by atoms with Crippen molar-refractivity contribution in [3.05, 3.63) is 30.3 Å². The highest BCUT2D eigenvalue weighted by Gasteiger charge is 2.42. The lowest BCUT2D eigenvalue weighted by molar-refractivity contribution is -0.173. The van der Waals surface area contributed by atoms with Gasteiger partial charge in [0.05, 0.1) is 11.7 Å². The first-order valence-electron chi connectivity index (χ1n) is 6.30. The number of anilines is 1. The number of hydrazone groups is 1. The van der Waals surface area contributed by atoms with E-state index in [2.05, 4.69) is 5.10 Å². The highest BCUT2D eigenvalue weighted by atomic mass is 19.4. The third-order valence-electron chi connectivity index (χ3n) is 3.22. The Labute approximate surface area is 124 Å². The Balaban J connectivity index is 2.25. The van der Waals surface area contributed by atoms with Gasteiger partial charge in [0.15, 0.2) is 0 Å². The van der Waals surface area contributed by atoms with Crippen LogP contribution in [0.3, 0.4) is 0 Å². The zero-order valence-electron chi connectivity index (χ0n) is 11.8. The van der Waals surface area contributed by atoms with Crippen LogP contribution in [-0.2, 0) is 9.59 Å². The molecule has 1 aliphatic rings.